The molecule has 0 spiro atoms. The van der Waals surface area contributed by atoms with Crippen LogP contribution in [0.4, 0.5) is 18.9 Å². The highest BCUT2D eigenvalue weighted by Gasteiger charge is 2.27. The van der Waals surface area contributed by atoms with Crippen LogP contribution in [0.5, 0.6) is 0 Å². The Morgan fingerprint density at radius 1 is 1.40 bits per heavy atom. The molecule has 1 aromatic carbocycles. The first-order chi connectivity index (χ1) is 6.88. The van der Waals surface area contributed by atoms with Crippen LogP contribution in [0.2, 0.25) is 0 Å². The van der Waals surface area contributed by atoms with Gasteiger partial charge in [-0.3, -0.25) is 10.1 Å². The highest BCUT2D eigenvalue weighted by molar-refractivity contribution is 7.99. The number of hydrogen-bond donors (Lipinski definition) is 0. The Labute approximate surface area is 87.4 Å². The fourth-order valence-corrected chi connectivity index (χ4v) is 1.43. The molecule has 0 atom stereocenters. The quantitative estimate of drug-likeness (QED) is 0.598. The standard InChI is InChI=1S/C8H6F3NO2S/c9-8(10,11)15-5-6-2-1-3-7(4-6)12(13)14/h1-4H,5H2. The fraction of sp³-hybridized carbons (Fsp3) is 0.250. The van der Waals surface area contributed by atoms with Gasteiger partial charge in [0, 0.05) is 17.9 Å². The van der Waals surface area contributed by atoms with E-state index in [4.69, 9.17) is 0 Å². The van der Waals surface area contributed by atoms with Gasteiger partial charge < -0.3 is 0 Å². The lowest BCUT2D eigenvalue weighted by Crippen LogP contribution is -2.00. The van der Waals surface area contributed by atoms with E-state index >= 15 is 0 Å². The van der Waals surface area contributed by atoms with Gasteiger partial charge >= 0.3 is 5.51 Å². The zero-order valence-electron chi connectivity index (χ0n) is 7.32. The molecule has 0 radical (unpaired) electrons. The van der Waals surface area contributed by atoms with E-state index in [1.165, 1.54) is 18.2 Å². The molecule has 0 bridgehead atoms. The van der Waals surface area contributed by atoms with Crippen molar-refractivity contribution in [2.45, 2.75) is 11.3 Å². The van der Waals surface area contributed by atoms with Gasteiger partial charge in [-0.15, -0.1) is 0 Å². The molecule has 7 heteroatoms. The van der Waals surface area contributed by atoms with Gasteiger partial charge in [0.15, 0.2) is 0 Å². The Bertz CT molecular complexity index is 367. The first-order valence-electron chi connectivity index (χ1n) is 3.82. The van der Waals surface area contributed by atoms with Crippen LogP contribution in [0.1, 0.15) is 5.56 Å². The topological polar surface area (TPSA) is 43.1 Å². The number of nitro benzene ring substituents is 1. The number of nitro groups is 1. The van der Waals surface area contributed by atoms with Crippen LogP contribution >= 0.6 is 11.8 Å². The molecular weight excluding hydrogens is 231 g/mol. The van der Waals surface area contributed by atoms with E-state index in [-0.39, 0.29) is 28.8 Å². The number of halogens is 3. The lowest BCUT2D eigenvalue weighted by atomic mass is 10.2. The molecule has 0 saturated carbocycles. The molecule has 0 aliphatic rings. The maximum absolute atomic E-state index is 11.8. The van der Waals surface area contributed by atoms with Crippen molar-refractivity contribution in [3.63, 3.8) is 0 Å². The molecule has 0 saturated heterocycles. The second kappa shape index (κ2) is 4.52. The molecule has 3 nitrogen and oxygen atoms in total. The van der Waals surface area contributed by atoms with Crippen molar-refractivity contribution >= 4 is 17.4 Å². The van der Waals surface area contributed by atoms with E-state index in [0.717, 1.165) is 6.07 Å². The van der Waals surface area contributed by atoms with Gasteiger partial charge in [0.2, 0.25) is 0 Å². The normalized spacial score (nSPS) is 11.4. The Morgan fingerprint density at radius 2 is 2.07 bits per heavy atom. The van der Waals surface area contributed by atoms with Crippen molar-refractivity contribution in [3.8, 4) is 0 Å². The average molecular weight is 237 g/mol. The first-order valence-corrected chi connectivity index (χ1v) is 4.81. The summed E-state index contributed by atoms with van der Waals surface area (Å²) >= 11 is -0.216. The van der Waals surface area contributed by atoms with Crippen LogP contribution < -0.4 is 0 Å². The third-order valence-electron chi connectivity index (χ3n) is 1.52. The van der Waals surface area contributed by atoms with E-state index in [2.05, 4.69) is 0 Å². The lowest BCUT2D eigenvalue weighted by Gasteiger charge is -2.04. The monoisotopic (exact) mass is 237 g/mol. The van der Waals surface area contributed by atoms with Gasteiger partial charge in [-0.1, -0.05) is 12.1 Å². The Balaban J connectivity index is 2.70. The molecule has 82 valence electrons. The molecule has 0 unspecified atom stereocenters. The number of benzene rings is 1. The highest BCUT2D eigenvalue weighted by Crippen LogP contribution is 2.33. The summed E-state index contributed by atoms with van der Waals surface area (Å²) in [6.45, 7) is 0. The van der Waals surface area contributed by atoms with E-state index < -0.39 is 10.4 Å². The van der Waals surface area contributed by atoms with Crippen molar-refractivity contribution in [3.05, 3.63) is 39.9 Å². The van der Waals surface area contributed by atoms with Gasteiger partial charge in [0.1, 0.15) is 0 Å². The minimum Gasteiger partial charge on any atom is -0.258 e. The van der Waals surface area contributed by atoms with Crippen LogP contribution in [0, 0.1) is 10.1 Å². The molecule has 1 rings (SSSR count). The van der Waals surface area contributed by atoms with E-state index in [9.17, 15) is 23.3 Å². The molecule has 0 amide bonds. The maximum atomic E-state index is 11.8. The third-order valence-corrected chi connectivity index (χ3v) is 2.33. The Hall–Kier alpha value is -1.24. The van der Waals surface area contributed by atoms with Crippen molar-refractivity contribution < 1.29 is 18.1 Å². The Morgan fingerprint density at radius 3 is 2.60 bits per heavy atom. The Kier molecular flexibility index (Phi) is 3.57. The molecule has 1 aromatic rings. The molecular formula is C8H6F3NO2S. The molecule has 0 N–H and O–H groups in total. The van der Waals surface area contributed by atoms with Gasteiger partial charge in [0.05, 0.1) is 4.92 Å². The maximum Gasteiger partial charge on any atom is 0.442 e. The number of hydrogen-bond acceptors (Lipinski definition) is 3. The second-order valence-electron chi connectivity index (χ2n) is 2.66. The number of nitrogens with zero attached hydrogens (tertiary/aromatic N) is 1. The molecule has 0 heterocycles. The van der Waals surface area contributed by atoms with Crippen LogP contribution in [0.15, 0.2) is 24.3 Å². The van der Waals surface area contributed by atoms with Crippen LogP contribution in [-0.4, -0.2) is 10.4 Å². The predicted molar refractivity (Wildman–Crippen MR) is 50.4 cm³/mol. The van der Waals surface area contributed by atoms with Crippen molar-refractivity contribution in [2.75, 3.05) is 0 Å². The number of thioether (sulfide) groups is 1. The number of alkyl halides is 3. The van der Waals surface area contributed by atoms with Crippen LogP contribution in [0.3, 0.4) is 0 Å². The van der Waals surface area contributed by atoms with Crippen molar-refractivity contribution in [1.29, 1.82) is 0 Å². The van der Waals surface area contributed by atoms with Gasteiger partial charge in [-0.05, 0) is 17.3 Å². The zero-order valence-corrected chi connectivity index (χ0v) is 8.14. The molecule has 0 fully saturated rings. The van der Waals surface area contributed by atoms with E-state index in [1.54, 1.807) is 0 Å². The zero-order chi connectivity index (χ0) is 11.5. The van der Waals surface area contributed by atoms with Crippen molar-refractivity contribution in [2.24, 2.45) is 0 Å². The molecule has 0 aliphatic heterocycles. The first kappa shape index (κ1) is 11.8. The summed E-state index contributed by atoms with van der Waals surface area (Å²) < 4.78 is 35.5. The summed E-state index contributed by atoms with van der Waals surface area (Å²) in [5.74, 6) is -0.314. The van der Waals surface area contributed by atoms with Gasteiger partial charge in [-0.25, -0.2) is 0 Å². The summed E-state index contributed by atoms with van der Waals surface area (Å²) in [5, 5.41) is 10.3. The summed E-state index contributed by atoms with van der Waals surface area (Å²) in [7, 11) is 0. The molecule has 15 heavy (non-hydrogen) atoms. The average Bonchev–Trinajstić information content (AvgIpc) is 2.14. The SMILES string of the molecule is O=[N+]([O-])c1cccc(CSC(F)(F)F)c1. The summed E-state index contributed by atoms with van der Waals surface area (Å²) in [6, 6.07) is 5.16. The van der Waals surface area contributed by atoms with Gasteiger partial charge in [-0.2, -0.15) is 13.2 Å². The predicted octanol–water partition coefficient (Wildman–Crippen LogP) is 3.35. The lowest BCUT2D eigenvalue weighted by molar-refractivity contribution is -0.384. The summed E-state index contributed by atoms with van der Waals surface area (Å²) in [6.07, 6.45) is 0. The minimum atomic E-state index is -4.31. The summed E-state index contributed by atoms with van der Waals surface area (Å²) in [5.41, 5.74) is -4.23. The fourth-order valence-electron chi connectivity index (χ4n) is 0.925. The third kappa shape index (κ3) is 4.20. The highest BCUT2D eigenvalue weighted by atomic mass is 32.2. The number of rotatable bonds is 3. The number of non-ortho nitro benzene ring substituents is 1. The van der Waals surface area contributed by atoms with Gasteiger partial charge in [0.25, 0.3) is 5.69 Å². The molecule has 0 aliphatic carbocycles. The minimum absolute atomic E-state index is 0.199. The smallest absolute Gasteiger partial charge is 0.258 e. The van der Waals surface area contributed by atoms with E-state index in [0.29, 0.717) is 0 Å². The second-order valence-corrected chi connectivity index (χ2v) is 3.70. The van der Waals surface area contributed by atoms with Crippen LogP contribution in [0.25, 0.3) is 0 Å². The molecule has 0 aromatic heterocycles. The summed E-state index contributed by atoms with van der Waals surface area (Å²) in [4.78, 5) is 9.69. The van der Waals surface area contributed by atoms with Crippen molar-refractivity contribution in [1.82, 2.24) is 0 Å². The van der Waals surface area contributed by atoms with Crippen LogP contribution in [-0.2, 0) is 5.75 Å². The van der Waals surface area contributed by atoms with E-state index in [1.807, 2.05) is 0 Å². The largest absolute Gasteiger partial charge is 0.442 e.